The van der Waals surface area contributed by atoms with Gasteiger partial charge in [0.25, 0.3) is 0 Å². The van der Waals surface area contributed by atoms with E-state index >= 15 is 0 Å². The maximum absolute atomic E-state index is 12.7. The second-order valence-corrected chi connectivity index (χ2v) is 7.99. The molecule has 0 aromatic heterocycles. The van der Waals surface area contributed by atoms with Crippen LogP contribution in [0.5, 0.6) is 0 Å². The molecule has 2 saturated heterocycles. The van der Waals surface area contributed by atoms with Gasteiger partial charge in [0, 0.05) is 32.2 Å². The summed E-state index contributed by atoms with van der Waals surface area (Å²) in [5, 5.41) is 10.9. The minimum atomic E-state index is -0.516. The summed E-state index contributed by atoms with van der Waals surface area (Å²) in [5.41, 5.74) is -0.516. The molecule has 0 bridgehead atoms. The van der Waals surface area contributed by atoms with Gasteiger partial charge in [-0.25, -0.2) is 0 Å². The van der Waals surface area contributed by atoms with Crippen LogP contribution in [0.2, 0.25) is 0 Å². The molecule has 0 spiro atoms. The average Bonchev–Trinajstić information content (AvgIpc) is 3.07. The predicted molar refractivity (Wildman–Crippen MR) is 90.2 cm³/mol. The number of nitrogens with zero attached hydrogens (tertiary/aromatic N) is 1. The summed E-state index contributed by atoms with van der Waals surface area (Å²) >= 11 is 0. The van der Waals surface area contributed by atoms with Gasteiger partial charge in [0.1, 0.15) is 0 Å². The first kappa shape index (κ1) is 17.2. The van der Waals surface area contributed by atoms with Crippen LogP contribution in [0, 0.1) is 5.92 Å². The molecule has 1 N–H and O–H groups in total. The van der Waals surface area contributed by atoms with E-state index in [2.05, 4.69) is 4.90 Å². The molecule has 3 fully saturated rings. The Morgan fingerprint density at radius 2 is 1.96 bits per heavy atom. The molecular formula is C19H33NO3. The molecule has 4 nitrogen and oxygen atoms in total. The molecule has 2 atom stereocenters. The van der Waals surface area contributed by atoms with Crippen molar-refractivity contribution in [2.45, 2.75) is 88.7 Å². The number of hydrogen-bond acceptors (Lipinski definition) is 3. The molecule has 3 rings (SSSR count). The number of ether oxygens (including phenoxy) is 1. The highest BCUT2D eigenvalue weighted by molar-refractivity contribution is 5.76. The monoisotopic (exact) mass is 323 g/mol. The molecule has 0 radical (unpaired) electrons. The van der Waals surface area contributed by atoms with Gasteiger partial charge in [0.2, 0.25) is 5.91 Å². The molecule has 23 heavy (non-hydrogen) atoms. The summed E-state index contributed by atoms with van der Waals surface area (Å²) in [4.78, 5) is 14.8. The molecule has 2 heterocycles. The summed E-state index contributed by atoms with van der Waals surface area (Å²) < 4.78 is 5.41. The van der Waals surface area contributed by atoms with E-state index in [1.54, 1.807) is 0 Å². The van der Waals surface area contributed by atoms with Crippen molar-refractivity contribution < 1.29 is 14.6 Å². The Bertz CT molecular complexity index is 386. The third kappa shape index (κ3) is 4.69. The number of amides is 1. The largest absolute Gasteiger partial charge is 0.390 e. The predicted octanol–water partition coefficient (Wildman–Crippen LogP) is 3.27. The third-order valence-electron chi connectivity index (χ3n) is 6.14. The topological polar surface area (TPSA) is 49.8 Å². The molecule has 3 aliphatic rings. The van der Waals surface area contributed by atoms with Gasteiger partial charge in [0.15, 0.2) is 0 Å². The second-order valence-electron chi connectivity index (χ2n) is 7.99. The highest BCUT2D eigenvalue weighted by Gasteiger charge is 2.36. The van der Waals surface area contributed by atoms with Gasteiger partial charge in [-0.05, 0) is 57.3 Å². The van der Waals surface area contributed by atoms with E-state index in [-0.39, 0.29) is 6.04 Å². The van der Waals surface area contributed by atoms with E-state index in [1.165, 1.54) is 12.8 Å². The van der Waals surface area contributed by atoms with Crippen molar-refractivity contribution >= 4 is 5.91 Å². The van der Waals surface area contributed by atoms with Crippen molar-refractivity contribution in [3.05, 3.63) is 0 Å². The average molecular weight is 323 g/mol. The van der Waals surface area contributed by atoms with Gasteiger partial charge in [-0.1, -0.05) is 19.3 Å². The Balaban J connectivity index is 1.53. The van der Waals surface area contributed by atoms with Crippen LogP contribution in [0.4, 0.5) is 0 Å². The van der Waals surface area contributed by atoms with Crippen LogP contribution in [0.25, 0.3) is 0 Å². The van der Waals surface area contributed by atoms with Crippen molar-refractivity contribution in [2.24, 2.45) is 5.92 Å². The number of carbonyl (C=O) groups excluding carboxylic acids is 1. The Labute approximate surface area is 140 Å². The lowest BCUT2D eigenvalue weighted by atomic mass is 9.78. The van der Waals surface area contributed by atoms with Gasteiger partial charge in [0.05, 0.1) is 5.60 Å². The number of rotatable bonds is 5. The lowest BCUT2D eigenvalue weighted by Crippen LogP contribution is -2.48. The Hall–Kier alpha value is -0.610. The van der Waals surface area contributed by atoms with Crippen LogP contribution in [0.15, 0.2) is 0 Å². The number of piperidine rings is 1. The van der Waals surface area contributed by atoms with Crippen molar-refractivity contribution in [3.63, 3.8) is 0 Å². The first-order valence-corrected chi connectivity index (χ1v) is 9.76. The van der Waals surface area contributed by atoms with Crippen LogP contribution in [-0.4, -0.2) is 47.3 Å². The molecule has 2 aliphatic heterocycles. The fourth-order valence-electron chi connectivity index (χ4n) is 4.68. The van der Waals surface area contributed by atoms with Crippen molar-refractivity contribution in [1.29, 1.82) is 0 Å². The van der Waals surface area contributed by atoms with E-state index in [9.17, 15) is 9.90 Å². The fourth-order valence-corrected chi connectivity index (χ4v) is 4.68. The van der Waals surface area contributed by atoms with Crippen LogP contribution in [0.3, 0.4) is 0 Å². The van der Waals surface area contributed by atoms with Crippen LogP contribution >= 0.6 is 0 Å². The van der Waals surface area contributed by atoms with Crippen LogP contribution < -0.4 is 0 Å². The standard InChI is InChI=1S/C19H33NO3/c21-18(8-7-16-9-13-23-15-16)20-12-5-2-6-17(20)14-19(22)10-3-1-4-11-19/h16-17,22H,1-15H2. The first-order valence-electron chi connectivity index (χ1n) is 9.76. The highest BCUT2D eigenvalue weighted by atomic mass is 16.5. The molecule has 2 unspecified atom stereocenters. The number of carbonyl (C=O) groups is 1. The van der Waals surface area contributed by atoms with E-state index in [4.69, 9.17) is 4.74 Å². The molecule has 1 aliphatic carbocycles. The number of aliphatic hydroxyl groups is 1. The zero-order valence-electron chi connectivity index (χ0n) is 14.5. The molecule has 1 amide bonds. The molecule has 4 heteroatoms. The second kappa shape index (κ2) is 7.98. The number of likely N-dealkylation sites (tertiary alicyclic amines) is 1. The maximum atomic E-state index is 12.7. The molecule has 0 aromatic rings. The van der Waals surface area contributed by atoms with E-state index in [0.717, 1.165) is 77.5 Å². The molecular weight excluding hydrogens is 290 g/mol. The van der Waals surface area contributed by atoms with Gasteiger partial charge in [-0.15, -0.1) is 0 Å². The van der Waals surface area contributed by atoms with Crippen molar-refractivity contribution in [3.8, 4) is 0 Å². The van der Waals surface area contributed by atoms with Gasteiger partial charge in [-0.2, -0.15) is 0 Å². The van der Waals surface area contributed by atoms with Gasteiger partial charge >= 0.3 is 0 Å². The Morgan fingerprint density at radius 1 is 1.13 bits per heavy atom. The normalized spacial score (nSPS) is 31.3. The van der Waals surface area contributed by atoms with E-state index in [0.29, 0.717) is 18.2 Å². The smallest absolute Gasteiger partial charge is 0.222 e. The zero-order chi connectivity index (χ0) is 16.1. The fraction of sp³-hybridized carbons (Fsp3) is 0.947. The molecule has 0 aromatic carbocycles. The van der Waals surface area contributed by atoms with Gasteiger partial charge < -0.3 is 14.7 Å². The lowest BCUT2D eigenvalue weighted by molar-refractivity contribution is -0.137. The Kier molecular flexibility index (Phi) is 5.97. The summed E-state index contributed by atoms with van der Waals surface area (Å²) in [6, 6.07) is 0.263. The summed E-state index contributed by atoms with van der Waals surface area (Å²) in [6.07, 6.45) is 12.3. The summed E-state index contributed by atoms with van der Waals surface area (Å²) in [6.45, 7) is 2.58. The maximum Gasteiger partial charge on any atom is 0.222 e. The minimum absolute atomic E-state index is 0.263. The van der Waals surface area contributed by atoms with Crippen molar-refractivity contribution in [1.82, 2.24) is 4.90 Å². The lowest BCUT2D eigenvalue weighted by Gasteiger charge is -2.42. The summed E-state index contributed by atoms with van der Waals surface area (Å²) in [5.74, 6) is 0.880. The zero-order valence-corrected chi connectivity index (χ0v) is 14.5. The van der Waals surface area contributed by atoms with Crippen LogP contribution in [0.1, 0.15) is 77.0 Å². The number of hydrogen-bond donors (Lipinski definition) is 1. The van der Waals surface area contributed by atoms with E-state index < -0.39 is 5.60 Å². The van der Waals surface area contributed by atoms with E-state index in [1.807, 2.05) is 0 Å². The summed E-state index contributed by atoms with van der Waals surface area (Å²) in [7, 11) is 0. The minimum Gasteiger partial charge on any atom is -0.390 e. The third-order valence-corrected chi connectivity index (χ3v) is 6.14. The first-order chi connectivity index (χ1) is 11.2. The van der Waals surface area contributed by atoms with Crippen LogP contribution in [-0.2, 0) is 9.53 Å². The molecule has 1 saturated carbocycles. The quantitative estimate of drug-likeness (QED) is 0.845. The highest BCUT2D eigenvalue weighted by Crippen LogP contribution is 2.35. The molecule has 132 valence electrons. The van der Waals surface area contributed by atoms with Crippen molar-refractivity contribution in [2.75, 3.05) is 19.8 Å². The SMILES string of the molecule is O=C(CCC1CCOC1)N1CCCCC1CC1(O)CCCCC1. The van der Waals surface area contributed by atoms with Gasteiger partial charge in [-0.3, -0.25) is 4.79 Å². The Morgan fingerprint density at radius 3 is 2.70 bits per heavy atom.